The van der Waals surface area contributed by atoms with Crippen LogP contribution < -0.4 is 0 Å². The summed E-state index contributed by atoms with van der Waals surface area (Å²) in [5, 5.41) is 0. The van der Waals surface area contributed by atoms with E-state index >= 15 is 0 Å². The Hall–Kier alpha value is -2.03. The number of pyridine rings is 1. The van der Waals surface area contributed by atoms with Gasteiger partial charge < -0.3 is 0 Å². The molecule has 1 atom stereocenters. The van der Waals surface area contributed by atoms with Gasteiger partial charge in [0.05, 0.1) is 5.69 Å². The first-order valence-corrected chi connectivity index (χ1v) is 6.81. The maximum absolute atomic E-state index is 13.9. The highest BCUT2D eigenvalue weighted by molar-refractivity contribution is 6.00. The van der Waals surface area contributed by atoms with Gasteiger partial charge in [0.2, 0.25) is 0 Å². The average Bonchev–Trinajstić information content (AvgIpc) is 2.37. The summed E-state index contributed by atoms with van der Waals surface area (Å²) in [6.07, 6.45) is 0.990. The Morgan fingerprint density at radius 2 is 1.95 bits per heavy atom. The third-order valence-electron chi connectivity index (χ3n) is 3.92. The van der Waals surface area contributed by atoms with E-state index in [0.717, 1.165) is 22.5 Å². The summed E-state index contributed by atoms with van der Waals surface area (Å²) in [7, 11) is 0. The molecule has 1 unspecified atom stereocenters. The van der Waals surface area contributed by atoms with E-state index in [9.17, 15) is 9.18 Å². The third-order valence-corrected chi connectivity index (χ3v) is 3.92. The molecule has 102 valence electrons. The molecule has 0 saturated carbocycles. The van der Waals surface area contributed by atoms with Crippen LogP contribution in [0.4, 0.5) is 4.39 Å². The second kappa shape index (κ2) is 4.82. The Morgan fingerprint density at radius 3 is 2.70 bits per heavy atom. The lowest BCUT2D eigenvalue weighted by Gasteiger charge is -2.25. The zero-order chi connectivity index (χ0) is 14.3. The topological polar surface area (TPSA) is 30.0 Å². The molecule has 3 heteroatoms. The molecule has 20 heavy (non-hydrogen) atoms. The predicted octanol–water partition coefficient (Wildman–Crippen LogP) is 3.75. The lowest BCUT2D eigenvalue weighted by molar-refractivity contribution is 0.0962. The van der Waals surface area contributed by atoms with Gasteiger partial charge in [0.25, 0.3) is 0 Å². The summed E-state index contributed by atoms with van der Waals surface area (Å²) < 4.78 is 13.9. The van der Waals surface area contributed by atoms with Crippen LogP contribution in [0.5, 0.6) is 0 Å². The molecule has 2 aromatic rings. The van der Waals surface area contributed by atoms with Crippen LogP contribution in [0.1, 0.15) is 45.2 Å². The van der Waals surface area contributed by atoms with E-state index in [1.165, 1.54) is 6.07 Å². The Bertz CT molecular complexity index is 693. The molecule has 0 amide bonds. The number of carbonyl (C=O) groups excluding carboxylic acids is 1. The van der Waals surface area contributed by atoms with Gasteiger partial charge in [-0.05, 0) is 49.4 Å². The maximum Gasteiger partial charge on any atom is 0.165 e. The van der Waals surface area contributed by atoms with Gasteiger partial charge >= 0.3 is 0 Å². The van der Waals surface area contributed by atoms with Crippen LogP contribution >= 0.6 is 0 Å². The van der Waals surface area contributed by atoms with E-state index in [1.54, 1.807) is 12.1 Å². The van der Waals surface area contributed by atoms with Crippen molar-refractivity contribution in [3.8, 4) is 0 Å². The van der Waals surface area contributed by atoms with Crippen LogP contribution in [0.2, 0.25) is 0 Å². The summed E-state index contributed by atoms with van der Waals surface area (Å²) in [6.45, 7) is 3.86. The lowest BCUT2D eigenvalue weighted by Crippen LogP contribution is -2.22. The summed E-state index contributed by atoms with van der Waals surface area (Å²) in [5.74, 6) is -0.271. The van der Waals surface area contributed by atoms with Gasteiger partial charge in [-0.15, -0.1) is 0 Å². The number of Topliss-reactive ketones (excluding diaryl/α,β-unsaturated/α-hetero) is 1. The smallest absolute Gasteiger partial charge is 0.165 e. The quantitative estimate of drug-likeness (QED) is 0.789. The number of carbonyl (C=O) groups is 1. The molecular weight excluding hydrogens is 253 g/mol. The second-order valence-corrected chi connectivity index (χ2v) is 5.45. The molecule has 1 aromatic heterocycles. The van der Waals surface area contributed by atoms with E-state index in [1.807, 2.05) is 26.0 Å². The van der Waals surface area contributed by atoms with Crippen LogP contribution in [-0.4, -0.2) is 10.8 Å². The van der Waals surface area contributed by atoms with Gasteiger partial charge in [0.15, 0.2) is 5.78 Å². The highest BCUT2D eigenvalue weighted by Crippen LogP contribution is 2.34. The summed E-state index contributed by atoms with van der Waals surface area (Å²) in [4.78, 5) is 16.8. The fraction of sp³-hybridized carbons (Fsp3) is 0.294. The molecule has 3 rings (SSSR count). The third kappa shape index (κ3) is 2.13. The van der Waals surface area contributed by atoms with Gasteiger partial charge in [0.1, 0.15) is 5.82 Å². The van der Waals surface area contributed by atoms with Crippen molar-refractivity contribution in [2.45, 2.75) is 32.6 Å². The van der Waals surface area contributed by atoms with Crippen LogP contribution in [0.25, 0.3) is 0 Å². The van der Waals surface area contributed by atoms with Crippen molar-refractivity contribution in [1.29, 1.82) is 0 Å². The number of benzene rings is 1. The standard InChI is InChI=1S/C17H16FNO/c1-10-7-11(2)19-15-8-12(9-16(20)17(10)15)13-5-3-4-6-14(13)18/h3-7,12H,8-9H2,1-2H3. The molecule has 1 aliphatic rings. The Balaban J connectivity index is 2.05. The fourth-order valence-electron chi connectivity index (χ4n) is 3.10. The molecule has 0 spiro atoms. The average molecular weight is 269 g/mol. The van der Waals surface area contributed by atoms with E-state index in [-0.39, 0.29) is 17.5 Å². The van der Waals surface area contributed by atoms with Crippen LogP contribution in [-0.2, 0) is 6.42 Å². The number of hydrogen-bond donors (Lipinski definition) is 0. The number of hydrogen-bond acceptors (Lipinski definition) is 2. The van der Waals surface area contributed by atoms with E-state index < -0.39 is 0 Å². The minimum absolute atomic E-state index is 0.0736. The monoisotopic (exact) mass is 269 g/mol. The molecule has 0 saturated heterocycles. The van der Waals surface area contributed by atoms with E-state index in [2.05, 4.69) is 4.98 Å². The van der Waals surface area contributed by atoms with Crippen molar-refractivity contribution in [2.24, 2.45) is 0 Å². The molecular formula is C17H16FNO. The first-order valence-electron chi connectivity index (χ1n) is 6.81. The van der Waals surface area contributed by atoms with Gasteiger partial charge in [-0.3, -0.25) is 9.78 Å². The van der Waals surface area contributed by atoms with Crippen LogP contribution in [0.15, 0.2) is 30.3 Å². The first-order chi connectivity index (χ1) is 9.56. The van der Waals surface area contributed by atoms with Gasteiger partial charge in [0, 0.05) is 17.7 Å². The van der Waals surface area contributed by atoms with Gasteiger partial charge in [-0.1, -0.05) is 18.2 Å². The minimum atomic E-state index is -0.238. The molecule has 1 aliphatic carbocycles. The highest BCUT2D eigenvalue weighted by Gasteiger charge is 2.29. The number of aromatic nitrogens is 1. The number of ketones is 1. The number of fused-ring (bicyclic) bond motifs is 1. The Kier molecular flexibility index (Phi) is 3.13. The van der Waals surface area contributed by atoms with Crippen molar-refractivity contribution >= 4 is 5.78 Å². The van der Waals surface area contributed by atoms with Crippen molar-refractivity contribution in [3.05, 3.63) is 64.2 Å². The number of halogens is 1. The van der Waals surface area contributed by atoms with Crippen molar-refractivity contribution < 1.29 is 9.18 Å². The molecule has 1 aromatic carbocycles. The zero-order valence-electron chi connectivity index (χ0n) is 11.6. The molecule has 0 N–H and O–H groups in total. The van der Waals surface area contributed by atoms with Gasteiger partial charge in [-0.25, -0.2) is 4.39 Å². The van der Waals surface area contributed by atoms with Crippen LogP contribution in [0, 0.1) is 19.7 Å². The normalized spacial score (nSPS) is 17.9. The van der Waals surface area contributed by atoms with Crippen molar-refractivity contribution in [3.63, 3.8) is 0 Å². The predicted molar refractivity (Wildman–Crippen MR) is 75.5 cm³/mol. The number of nitrogens with zero attached hydrogens (tertiary/aromatic N) is 1. The minimum Gasteiger partial charge on any atom is -0.294 e. The lowest BCUT2D eigenvalue weighted by atomic mass is 9.80. The summed E-state index contributed by atoms with van der Waals surface area (Å²) >= 11 is 0. The second-order valence-electron chi connectivity index (χ2n) is 5.45. The van der Waals surface area contributed by atoms with Crippen molar-refractivity contribution in [1.82, 2.24) is 4.98 Å². The largest absolute Gasteiger partial charge is 0.294 e. The zero-order valence-corrected chi connectivity index (χ0v) is 11.6. The SMILES string of the molecule is Cc1cc(C)c2c(n1)CC(c1ccccc1F)CC2=O. The number of rotatable bonds is 1. The van der Waals surface area contributed by atoms with Crippen molar-refractivity contribution in [2.75, 3.05) is 0 Å². The number of aryl methyl sites for hydroxylation is 2. The molecule has 2 nitrogen and oxygen atoms in total. The summed E-state index contributed by atoms with van der Waals surface area (Å²) in [5.41, 5.74) is 4.05. The van der Waals surface area contributed by atoms with Crippen LogP contribution in [0.3, 0.4) is 0 Å². The molecule has 1 heterocycles. The van der Waals surface area contributed by atoms with E-state index in [4.69, 9.17) is 0 Å². The van der Waals surface area contributed by atoms with Gasteiger partial charge in [-0.2, -0.15) is 0 Å². The molecule has 0 fully saturated rings. The highest BCUT2D eigenvalue weighted by atomic mass is 19.1. The molecule has 0 aliphatic heterocycles. The maximum atomic E-state index is 13.9. The Labute approximate surface area is 117 Å². The first kappa shape index (κ1) is 13.0. The van der Waals surface area contributed by atoms with E-state index in [0.29, 0.717) is 18.4 Å². The molecule has 0 radical (unpaired) electrons. The Morgan fingerprint density at radius 1 is 1.20 bits per heavy atom. The summed E-state index contributed by atoms with van der Waals surface area (Å²) in [6, 6.07) is 8.63. The fourth-order valence-corrected chi connectivity index (χ4v) is 3.10. The molecule has 0 bridgehead atoms.